The maximum absolute atomic E-state index is 9.83. The van der Waals surface area contributed by atoms with Gasteiger partial charge in [0.25, 0.3) is 0 Å². The van der Waals surface area contributed by atoms with Crippen molar-refractivity contribution in [2.45, 2.75) is 13.3 Å². The van der Waals surface area contributed by atoms with Gasteiger partial charge in [-0.2, -0.15) is 5.06 Å². The van der Waals surface area contributed by atoms with Crippen molar-refractivity contribution >= 4 is 6.29 Å². The second-order valence-electron chi connectivity index (χ2n) is 1.72. The molecule has 54 valence electrons. The Balaban J connectivity index is 3.04. The molecule has 9 heavy (non-hydrogen) atoms. The minimum Gasteiger partial charge on any atom is -0.303 e. The first kappa shape index (κ1) is 8.59. The molecule has 0 aliphatic carbocycles. The Kier molecular flexibility index (Phi) is 5.46. The molecule has 0 amide bonds. The van der Waals surface area contributed by atoms with E-state index in [1.54, 1.807) is 5.06 Å². The van der Waals surface area contributed by atoms with Crippen LogP contribution in [0.3, 0.4) is 0 Å². The van der Waals surface area contributed by atoms with Crippen molar-refractivity contribution in [3.05, 3.63) is 0 Å². The van der Waals surface area contributed by atoms with Crippen molar-refractivity contribution in [3.8, 4) is 0 Å². The van der Waals surface area contributed by atoms with Crippen LogP contribution in [-0.2, 0) is 9.63 Å². The van der Waals surface area contributed by atoms with Gasteiger partial charge in [0.1, 0.15) is 6.29 Å². The maximum Gasteiger partial charge on any atom is 0.121 e. The molecule has 0 saturated carbocycles. The van der Waals surface area contributed by atoms with Gasteiger partial charge >= 0.3 is 0 Å². The van der Waals surface area contributed by atoms with Crippen molar-refractivity contribution in [3.63, 3.8) is 0 Å². The number of rotatable bonds is 5. The highest BCUT2D eigenvalue weighted by Crippen LogP contribution is 1.84. The number of aldehydes is 1. The summed E-state index contributed by atoms with van der Waals surface area (Å²) in [6.45, 7) is 3.25. The molecule has 0 aromatic heterocycles. The molecule has 0 aromatic carbocycles. The van der Waals surface area contributed by atoms with Gasteiger partial charge in [0.2, 0.25) is 0 Å². The average Bonchev–Trinajstić information content (AvgIpc) is 1.85. The van der Waals surface area contributed by atoms with Crippen LogP contribution >= 0.6 is 0 Å². The van der Waals surface area contributed by atoms with Crippen LogP contribution in [0.5, 0.6) is 0 Å². The summed E-state index contributed by atoms with van der Waals surface area (Å²) in [4.78, 5) is 14.8. The first-order chi connectivity index (χ1) is 4.31. The summed E-state index contributed by atoms with van der Waals surface area (Å²) in [5.41, 5.74) is 0. The van der Waals surface area contributed by atoms with Crippen LogP contribution < -0.4 is 0 Å². The molecule has 0 N–H and O–H groups in total. The third kappa shape index (κ3) is 5.46. The van der Waals surface area contributed by atoms with Crippen LogP contribution in [0, 0.1) is 0 Å². The van der Waals surface area contributed by atoms with E-state index in [4.69, 9.17) is 4.84 Å². The number of hydrogen-bond acceptors (Lipinski definition) is 3. The zero-order chi connectivity index (χ0) is 7.11. The lowest BCUT2D eigenvalue weighted by atomic mass is 10.5. The summed E-state index contributed by atoms with van der Waals surface area (Å²) < 4.78 is 0. The molecule has 0 atom stereocenters. The lowest BCUT2D eigenvalue weighted by Crippen LogP contribution is -2.20. The van der Waals surface area contributed by atoms with Crippen molar-refractivity contribution in [2.75, 3.05) is 20.2 Å². The van der Waals surface area contributed by atoms with E-state index in [1.807, 2.05) is 14.0 Å². The Labute approximate surface area is 55.6 Å². The summed E-state index contributed by atoms with van der Waals surface area (Å²) in [6.07, 6.45) is 1.42. The average molecular weight is 131 g/mol. The topological polar surface area (TPSA) is 29.5 Å². The largest absolute Gasteiger partial charge is 0.303 e. The maximum atomic E-state index is 9.83. The molecule has 0 heterocycles. The van der Waals surface area contributed by atoms with Gasteiger partial charge < -0.3 is 4.79 Å². The van der Waals surface area contributed by atoms with Crippen LogP contribution in [0.1, 0.15) is 13.3 Å². The second-order valence-corrected chi connectivity index (χ2v) is 1.72. The SMILES string of the molecule is CCON(C)CCC=O. The summed E-state index contributed by atoms with van der Waals surface area (Å²) in [5, 5.41) is 1.66. The van der Waals surface area contributed by atoms with E-state index in [0.29, 0.717) is 19.6 Å². The first-order valence-corrected chi connectivity index (χ1v) is 3.09. The van der Waals surface area contributed by atoms with Gasteiger partial charge in [-0.3, -0.25) is 4.84 Å². The molecule has 0 aliphatic heterocycles. The molecule has 0 aromatic rings. The minimum atomic E-state index is 0.538. The second kappa shape index (κ2) is 5.72. The number of hydroxylamine groups is 2. The van der Waals surface area contributed by atoms with E-state index in [9.17, 15) is 4.79 Å². The van der Waals surface area contributed by atoms with E-state index >= 15 is 0 Å². The van der Waals surface area contributed by atoms with E-state index in [1.165, 1.54) is 0 Å². The fourth-order valence-corrected chi connectivity index (χ4v) is 0.519. The smallest absolute Gasteiger partial charge is 0.121 e. The standard InChI is InChI=1S/C6H13NO2/c1-3-9-7(2)5-4-6-8/h6H,3-5H2,1-2H3. The molecular formula is C6H13NO2. The molecule has 0 radical (unpaired) electrons. The first-order valence-electron chi connectivity index (χ1n) is 3.09. The van der Waals surface area contributed by atoms with Gasteiger partial charge in [-0.05, 0) is 6.92 Å². The van der Waals surface area contributed by atoms with Gasteiger partial charge in [-0.25, -0.2) is 0 Å². The molecule has 0 saturated heterocycles. The zero-order valence-corrected chi connectivity index (χ0v) is 5.96. The minimum absolute atomic E-state index is 0.538. The number of carbonyl (C=O) groups excluding carboxylic acids is 1. The fourth-order valence-electron chi connectivity index (χ4n) is 0.519. The predicted molar refractivity (Wildman–Crippen MR) is 34.9 cm³/mol. The van der Waals surface area contributed by atoms with Crippen LogP contribution in [0.4, 0.5) is 0 Å². The molecule has 3 nitrogen and oxygen atoms in total. The van der Waals surface area contributed by atoms with Crippen LogP contribution in [0.15, 0.2) is 0 Å². The van der Waals surface area contributed by atoms with Gasteiger partial charge in [0.05, 0.1) is 6.61 Å². The van der Waals surface area contributed by atoms with Crippen LogP contribution in [-0.4, -0.2) is 31.5 Å². The zero-order valence-electron chi connectivity index (χ0n) is 5.96. The Morgan fingerprint density at radius 2 is 2.33 bits per heavy atom. The highest BCUT2D eigenvalue weighted by Gasteiger charge is 1.92. The molecule has 0 rings (SSSR count). The van der Waals surface area contributed by atoms with Crippen molar-refractivity contribution in [1.29, 1.82) is 0 Å². The lowest BCUT2D eigenvalue weighted by Gasteiger charge is -2.12. The molecule has 0 unspecified atom stereocenters. The normalized spacial score (nSPS) is 10.1. The van der Waals surface area contributed by atoms with Gasteiger partial charge in [-0.15, -0.1) is 0 Å². The Bertz CT molecular complexity index is 75.5. The third-order valence-electron chi connectivity index (χ3n) is 0.911. The van der Waals surface area contributed by atoms with Crippen molar-refractivity contribution < 1.29 is 9.63 Å². The lowest BCUT2D eigenvalue weighted by molar-refractivity contribution is -0.137. The molecular weight excluding hydrogens is 118 g/mol. The molecule has 0 spiro atoms. The van der Waals surface area contributed by atoms with Gasteiger partial charge in [0.15, 0.2) is 0 Å². The molecule has 0 bridgehead atoms. The van der Waals surface area contributed by atoms with E-state index < -0.39 is 0 Å². The number of carbonyl (C=O) groups is 1. The van der Waals surface area contributed by atoms with E-state index in [2.05, 4.69) is 0 Å². The van der Waals surface area contributed by atoms with E-state index in [0.717, 1.165) is 6.29 Å². The Morgan fingerprint density at radius 1 is 1.67 bits per heavy atom. The Hall–Kier alpha value is -0.410. The van der Waals surface area contributed by atoms with E-state index in [-0.39, 0.29) is 0 Å². The summed E-state index contributed by atoms with van der Waals surface area (Å²) in [6, 6.07) is 0. The monoisotopic (exact) mass is 131 g/mol. The third-order valence-corrected chi connectivity index (χ3v) is 0.911. The van der Waals surface area contributed by atoms with Crippen molar-refractivity contribution in [2.24, 2.45) is 0 Å². The fraction of sp³-hybridized carbons (Fsp3) is 0.833. The summed E-state index contributed by atoms with van der Waals surface area (Å²) in [7, 11) is 1.81. The predicted octanol–water partition coefficient (Wildman–Crippen LogP) is 0.459. The number of hydrogen-bond donors (Lipinski definition) is 0. The molecule has 3 heteroatoms. The summed E-state index contributed by atoms with van der Waals surface area (Å²) >= 11 is 0. The quantitative estimate of drug-likeness (QED) is 0.401. The van der Waals surface area contributed by atoms with Crippen LogP contribution in [0.25, 0.3) is 0 Å². The highest BCUT2D eigenvalue weighted by molar-refractivity contribution is 5.49. The Morgan fingerprint density at radius 3 is 2.78 bits per heavy atom. The van der Waals surface area contributed by atoms with Gasteiger partial charge in [0, 0.05) is 20.0 Å². The van der Waals surface area contributed by atoms with Gasteiger partial charge in [-0.1, -0.05) is 0 Å². The van der Waals surface area contributed by atoms with Crippen molar-refractivity contribution in [1.82, 2.24) is 5.06 Å². The summed E-state index contributed by atoms with van der Waals surface area (Å²) in [5.74, 6) is 0. The molecule has 0 fully saturated rings. The number of nitrogens with zero attached hydrogens (tertiary/aromatic N) is 1. The highest BCUT2D eigenvalue weighted by atomic mass is 16.7. The molecule has 0 aliphatic rings. The van der Waals surface area contributed by atoms with Crippen LogP contribution in [0.2, 0.25) is 0 Å².